The first kappa shape index (κ1) is 19.4. The molecule has 1 aromatic heterocycles. The number of pyridine rings is 1. The molecule has 0 saturated carbocycles. The van der Waals surface area contributed by atoms with Gasteiger partial charge in [-0.3, -0.25) is 14.7 Å². The van der Waals surface area contributed by atoms with Crippen LogP contribution in [0.15, 0.2) is 51.2 Å². The number of carbonyl (C=O) groups is 1. The van der Waals surface area contributed by atoms with Crippen molar-refractivity contribution in [2.45, 2.75) is 0 Å². The van der Waals surface area contributed by atoms with Crippen molar-refractivity contribution < 1.29 is 9.18 Å². The number of nitrogens with zero attached hydrogens (tertiary/aromatic N) is 3. The van der Waals surface area contributed by atoms with Gasteiger partial charge in [0.2, 0.25) is 0 Å². The third-order valence-electron chi connectivity index (χ3n) is 3.10. The SMILES string of the molecule is CN(C(=O)c1c(F)cccc1Cl)c1ncc(Br)cc1N=C/C(Cl)=C\N. The minimum absolute atomic E-state index is 0.00752. The first-order valence-electron chi connectivity index (χ1n) is 6.84. The summed E-state index contributed by atoms with van der Waals surface area (Å²) in [4.78, 5) is 22.1. The molecule has 9 heteroatoms. The van der Waals surface area contributed by atoms with E-state index < -0.39 is 11.7 Å². The second-order valence-corrected chi connectivity index (χ2v) is 6.53. The van der Waals surface area contributed by atoms with Gasteiger partial charge in [0, 0.05) is 30.1 Å². The van der Waals surface area contributed by atoms with Gasteiger partial charge in [-0.15, -0.1) is 0 Å². The summed E-state index contributed by atoms with van der Waals surface area (Å²) in [5.41, 5.74) is 5.38. The minimum atomic E-state index is -0.722. The molecule has 0 aliphatic heterocycles. The summed E-state index contributed by atoms with van der Waals surface area (Å²) in [6.45, 7) is 0. The summed E-state index contributed by atoms with van der Waals surface area (Å²) in [6.07, 6.45) is 3.97. The molecule has 130 valence electrons. The molecule has 0 unspecified atom stereocenters. The molecule has 0 radical (unpaired) electrons. The zero-order valence-corrected chi connectivity index (χ0v) is 16.0. The number of aliphatic imine (C=N–C) groups is 1. The number of allylic oxidation sites excluding steroid dienone is 1. The van der Waals surface area contributed by atoms with Crippen LogP contribution in [0.5, 0.6) is 0 Å². The number of halogens is 4. The Morgan fingerprint density at radius 1 is 1.48 bits per heavy atom. The van der Waals surface area contributed by atoms with Crippen molar-refractivity contribution in [3.05, 3.63) is 62.6 Å². The molecule has 0 spiro atoms. The molecule has 0 saturated heterocycles. The standard InChI is InChI=1S/C16H12BrCl2FN4O/c1-24(16(25)14-11(19)3-2-4-12(14)20)15-13(5-9(17)7-23-15)22-8-10(18)6-21/h2-8H,21H2,1H3/b10-6+,22-8?. The van der Waals surface area contributed by atoms with Gasteiger partial charge in [-0.05, 0) is 34.1 Å². The normalized spacial score (nSPS) is 11.8. The second kappa shape index (κ2) is 8.42. The van der Waals surface area contributed by atoms with Crippen molar-refractivity contribution in [2.75, 3.05) is 11.9 Å². The second-order valence-electron chi connectivity index (χ2n) is 4.77. The Bertz CT molecular complexity index is 853. The van der Waals surface area contributed by atoms with E-state index in [1.165, 1.54) is 37.8 Å². The van der Waals surface area contributed by atoms with Crippen molar-refractivity contribution in [3.63, 3.8) is 0 Å². The zero-order valence-electron chi connectivity index (χ0n) is 12.9. The largest absolute Gasteiger partial charge is 0.403 e. The monoisotopic (exact) mass is 444 g/mol. The lowest BCUT2D eigenvalue weighted by molar-refractivity contribution is 0.0988. The molecule has 25 heavy (non-hydrogen) atoms. The number of hydrogen-bond donors (Lipinski definition) is 1. The summed E-state index contributed by atoms with van der Waals surface area (Å²) in [5.74, 6) is -1.18. The van der Waals surface area contributed by atoms with Crippen LogP contribution in [-0.4, -0.2) is 24.2 Å². The highest BCUT2D eigenvalue weighted by Gasteiger charge is 2.23. The van der Waals surface area contributed by atoms with Crippen LogP contribution in [0.25, 0.3) is 0 Å². The van der Waals surface area contributed by atoms with Crippen LogP contribution in [0.3, 0.4) is 0 Å². The van der Waals surface area contributed by atoms with Gasteiger partial charge in [-0.1, -0.05) is 29.3 Å². The predicted octanol–water partition coefficient (Wildman–Crippen LogP) is 4.65. The minimum Gasteiger partial charge on any atom is -0.403 e. The predicted molar refractivity (Wildman–Crippen MR) is 102 cm³/mol. The van der Waals surface area contributed by atoms with E-state index in [1.54, 1.807) is 6.07 Å². The highest BCUT2D eigenvalue weighted by atomic mass is 79.9. The zero-order chi connectivity index (χ0) is 18.6. The number of anilines is 1. The average molecular weight is 446 g/mol. The van der Waals surface area contributed by atoms with Gasteiger partial charge < -0.3 is 5.73 Å². The van der Waals surface area contributed by atoms with E-state index >= 15 is 0 Å². The van der Waals surface area contributed by atoms with Gasteiger partial charge >= 0.3 is 0 Å². The molecular weight excluding hydrogens is 434 g/mol. The first-order valence-corrected chi connectivity index (χ1v) is 8.39. The van der Waals surface area contributed by atoms with Crippen molar-refractivity contribution in [1.82, 2.24) is 4.98 Å². The number of aromatic nitrogens is 1. The Kier molecular flexibility index (Phi) is 6.52. The first-order chi connectivity index (χ1) is 11.8. The number of nitrogens with two attached hydrogens (primary N) is 1. The lowest BCUT2D eigenvalue weighted by Crippen LogP contribution is -2.28. The summed E-state index contributed by atoms with van der Waals surface area (Å²) in [6, 6.07) is 5.65. The molecule has 1 heterocycles. The van der Waals surface area contributed by atoms with Gasteiger partial charge in [-0.2, -0.15) is 0 Å². The maximum Gasteiger partial charge on any atom is 0.263 e. The van der Waals surface area contributed by atoms with Crippen molar-refractivity contribution in [2.24, 2.45) is 10.7 Å². The van der Waals surface area contributed by atoms with Crippen molar-refractivity contribution in [3.8, 4) is 0 Å². The van der Waals surface area contributed by atoms with E-state index in [2.05, 4.69) is 25.9 Å². The molecular formula is C16H12BrCl2FN4O. The van der Waals surface area contributed by atoms with Crippen LogP contribution in [0.4, 0.5) is 15.9 Å². The maximum absolute atomic E-state index is 14.0. The van der Waals surface area contributed by atoms with E-state index in [4.69, 9.17) is 28.9 Å². The Labute approximate surface area is 162 Å². The maximum atomic E-state index is 14.0. The average Bonchev–Trinajstić information content (AvgIpc) is 2.58. The number of hydrogen-bond acceptors (Lipinski definition) is 4. The quantitative estimate of drug-likeness (QED) is 0.696. The van der Waals surface area contributed by atoms with Gasteiger partial charge in [0.25, 0.3) is 5.91 Å². The fourth-order valence-corrected chi connectivity index (χ4v) is 2.53. The number of carbonyl (C=O) groups excluding carboxylic acids is 1. The van der Waals surface area contributed by atoms with Crippen LogP contribution in [0.1, 0.15) is 10.4 Å². The van der Waals surface area contributed by atoms with E-state index in [0.29, 0.717) is 10.2 Å². The third-order valence-corrected chi connectivity index (χ3v) is 4.07. The van der Waals surface area contributed by atoms with E-state index in [-0.39, 0.29) is 21.4 Å². The van der Waals surface area contributed by atoms with Crippen LogP contribution < -0.4 is 10.6 Å². The molecule has 2 aromatic rings. The Hall–Kier alpha value is -1.96. The fourth-order valence-electron chi connectivity index (χ4n) is 1.92. The Morgan fingerprint density at radius 3 is 2.84 bits per heavy atom. The van der Waals surface area contributed by atoms with Gasteiger partial charge in [-0.25, -0.2) is 9.37 Å². The molecule has 1 aromatic carbocycles. The molecule has 0 atom stereocenters. The van der Waals surface area contributed by atoms with Crippen LogP contribution in [0.2, 0.25) is 5.02 Å². The number of rotatable bonds is 4. The van der Waals surface area contributed by atoms with E-state index in [0.717, 1.165) is 11.0 Å². The van der Waals surface area contributed by atoms with E-state index in [9.17, 15) is 9.18 Å². The number of benzene rings is 1. The summed E-state index contributed by atoms with van der Waals surface area (Å²) in [5, 5.41) is 0.213. The Balaban J connectivity index is 2.47. The summed E-state index contributed by atoms with van der Waals surface area (Å²) >= 11 is 15.0. The smallest absolute Gasteiger partial charge is 0.263 e. The topological polar surface area (TPSA) is 71.6 Å². The number of amides is 1. The molecule has 0 fully saturated rings. The highest BCUT2D eigenvalue weighted by Crippen LogP contribution is 2.31. The lowest BCUT2D eigenvalue weighted by atomic mass is 10.2. The fraction of sp³-hybridized carbons (Fsp3) is 0.0625. The van der Waals surface area contributed by atoms with Crippen LogP contribution >= 0.6 is 39.1 Å². The third kappa shape index (κ3) is 4.56. The molecule has 0 aliphatic rings. The van der Waals surface area contributed by atoms with Gasteiger partial charge in [0.15, 0.2) is 5.82 Å². The molecule has 2 N–H and O–H groups in total. The van der Waals surface area contributed by atoms with Crippen molar-refractivity contribution >= 4 is 62.8 Å². The van der Waals surface area contributed by atoms with Gasteiger partial charge in [0.05, 0.1) is 15.6 Å². The van der Waals surface area contributed by atoms with Crippen LogP contribution in [-0.2, 0) is 0 Å². The molecule has 5 nitrogen and oxygen atoms in total. The lowest BCUT2D eigenvalue weighted by Gasteiger charge is -2.19. The summed E-state index contributed by atoms with van der Waals surface area (Å²) in [7, 11) is 1.45. The molecule has 0 aliphatic carbocycles. The van der Waals surface area contributed by atoms with Gasteiger partial charge in [0.1, 0.15) is 11.5 Å². The molecule has 1 amide bonds. The van der Waals surface area contributed by atoms with E-state index in [1.807, 2.05) is 0 Å². The molecule has 0 bridgehead atoms. The summed E-state index contributed by atoms with van der Waals surface area (Å²) < 4.78 is 14.7. The van der Waals surface area contributed by atoms with Crippen LogP contribution in [0, 0.1) is 5.82 Å². The molecule has 2 rings (SSSR count). The Morgan fingerprint density at radius 2 is 2.20 bits per heavy atom. The van der Waals surface area contributed by atoms with Crippen molar-refractivity contribution in [1.29, 1.82) is 0 Å². The highest BCUT2D eigenvalue weighted by molar-refractivity contribution is 9.10.